The fraction of sp³-hybridized carbons (Fsp3) is 0.636. The summed E-state index contributed by atoms with van der Waals surface area (Å²) in [6.07, 6.45) is 8.62. The van der Waals surface area contributed by atoms with Crippen LogP contribution in [0.5, 0.6) is 0 Å². The zero-order valence-electron chi connectivity index (χ0n) is 8.71. The van der Waals surface area contributed by atoms with Gasteiger partial charge in [-0.15, -0.1) is 0 Å². The molecular formula is C11H20N2. The van der Waals surface area contributed by atoms with Crippen LogP contribution in [0.1, 0.15) is 32.6 Å². The van der Waals surface area contributed by atoms with E-state index in [1.54, 1.807) is 0 Å². The molecule has 1 saturated carbocycles. The minimum absolute atomic E-state index is 0.116. The lowest BCUT2D eigenvalue weighted by Crippen LogP contribution is -2.58. The SMILES string of the molecule is C=C(/C=C\CC)N(C)C1(N)CCC1. The van der Waals surface area contributed by atoms with Gasteiger partial charge < -0.3 is 10.6 Å². The average Bonchev–Trinajstić information content (AvgIpc) is 2.09. The second-order valence-electron chi connectivity index (χ2n) is 3.82. The quantitative estimate of drug-likeness (QED) is 0.531. The van der Waals surface area contributed by atoms with Crippen LogP contribution in [-0.4, -0.2) is 17.6 Å². The van der Waals surface area contributed by atoms with Crippen LogP contribution in [0.15, 0.2) is 24.4 Å². The summed E-state index contributed by atoms with van der Waals surface area (Å²) in [4.78, 5) is 2.10. The maximum Gasteiger partial charge on any atom is 0.0879 e. The van der Waals surface area contributed by atoms with E-state index >= 15 is 0 Å². The van der Waals surface area contributed by atoms with E-state index in [-0.39, 0.29) is 5.66 Å². The minimum atomic E-state index is -0.116. The van der Waals surface area contributed by atoms with E-state index in [1.807, 2.05) is 13.1 Å². The number of hydrogen-bond donors (Lipinski definition) is 1. The Bertz CT molecular complexity index is 214. The van der Waals surface area contributed by atoms with E-state index in [9.17, 15) is 0 Å². The number of nitrogens with two attached hydrogens (primary N) is 1. The summed E-state index contributed by atoms with van der Waals surface area (Å²) in [6, 6.07) is 0. The van der Waals surface area contributed by atoms with Gasteiger partial charge in [-0.2, -0.15) is 0 Å². The third kappa shape index (κ3) is 2.13. The van der Waals surface area contributed by atoms with Crippen LogP contribution in [0.25, 0.3) is 0 Å². The van der Waals surface area contributed by atoms with Gasteiger partial charge >= 0.3 is 0 Å². The summed E-state index contributed by atoms with van der Waals surface area (Å²) in [6.45, 7) is 6.12. The first-order chi connectivity index (χ1) is 6.10. The number of nitrogens with zero attached hydrogens (tertiary/aromatic N) is 1. The molecule has 1 aliphatic carbocycles. The van der Waals surface area contributed by atoms with Crippen molar-refractivity contribution in [3.63, 3.8) is 0 Å². The summed E-state index contributed by atoms with van der Waals surface area (Å²) in [5.74, 6) is 0. The van der Waals surface area contributed by atoms with Crippen LogP contribution in [0.3, 0.4) is 0 Å². The molecule has 0 aromatic carbocycles. The molecule has 0 unspecified atom stereocenters. The molecule has 0 aromatic rings. The monoisotopic (exact) mass is 180 g/mol. The fourth-order valence-corrected chi connectivity index (χ4v) is 1.53. The second kappa shape index (κ2) is 3.97. The van der Waals surface area contributed by atoms with Crippen molar-refractivity contribution < 1.29 is 0 Å². The standard InChI is InChI=1S/C11H20N2/c1-4-5-7-10(2)13(3)11(12)8-6-9-11/h5,7H,2,4,6,8-9,12H2,1,3H3/b7-5-. The van der Waals surface area contributed by atoms with Gasteiger partial charge in [0.1, 0.15) is 0 Å². The fourth-order valence-electron chi connectivity index (χ4n) is 1.53. The van der Waals surface area contributed by atoms with Crippen LogP contribution in [0.4, 0.5) is 0 Å². The molecule has 0 saturated heterocycles. The molecular weight excluding hydrogens is 160 g/mol. The normalized spacial score (nSPS) is 19.9. The van der Waals surface area contributed by atoms with Crippen LogP contribution >= 0.6 is 0 Å². The lowest BCUT2D eigenvalue weighted by molar-refractivity contribution is 0.0779. The zero-order chi connectivity index (χ0) is 9.90. The largest absolute Gasteiger partial charge is 0.357 e. The Hall–Kier alpha value is -0.760. The molecule has 0 bridgehead atoms. The van der Waals surface area contributed by atoms with Gasteiger partial charge in [0.25, 0.3) is 0 Å². The Morgan fingerprint density at radius 2 is 2.23 bits per heavy atom. The Kier molecular flexibility index (Phi) is 3.15. The highest BCUT2D eigenvalue weighted by atomic mass is 15.3. The van der Waals surface area contributed by atoms with E-state index in [4.69, 9.17) is 5.73 Å². The lowest BCUT2D eigenvalue weighted by Gasteiger charge is -2.47. The smallest absolute Gasteiger partial charge is 0.0879 e. The summed E-state index contributed by atoms with van der Waals surface area (Å²) in [5, 5.41) is 0. The van der Waals surface area contributed by atoms with Crippen LogP contribution in [0, 0.1) is 0 Å². The van der Waals surface area contributed by atoms with Gasteiger partial charge in [0.15, 0.2) is 0 Å². The number of rotatable bonds is 4. The molecule has 0 radical (unpaired) electrons. The van der Waals surface area contributed by atoms with Crippen LogP contribution in [-0.2, 0) is 0 Å². The second-order valence-corrected chi connectivity index (χ2v) is 3.82. The number of likely N-dealkylation sites (N-methyl/N-ethyl adjacent to an activating group) is 1. The maximum absolute atomic E-state index is 6.15. The molecule has 74 valence electrons. The first-order valence-corrected chi connectivity index (χ1v) is 4.98. The molecule has 0 spiro atoms. The molecule has 0 heterocycles. The molecule has 13 heavy (non-hydrogen) atoms. The van der Waals surface area contributed by atoms with Gasteiger partial charge in [0, 0.05) is 12.7 Å². The third-order valence-corrected chi connectivity index (χ3v) is 2.86. The number of allylic oxidation sites excluding steroid dienone is 2. The summed E-state index contributed by atoms with van der Waals surface area (Å²) in [7, 11) is 2.03. The molecule has 0 aromatic heterocycles. The van der Waals surface area contributed by atoms with E-state index in [0.717, 1.165) is 25.0 Å². The molecule has 0 aliphatic heterocycles. The first kappa shape index (κ1) is 10.3. The lowest BCUT2D eigenvalue weighted by atomic mass is 9.84. The molecule has 0 amide bonds. The van der Waals surface area contributed by atoms with Gasteiger partial charge in [-0.3, -0.25) is 0 Å². The van der Waals surface area contributed by atoms with Crippen molar-refractivity contribution >= 4 is 0 Å². The molecule has 1 aliphatic rings. The van der Waals surface area contributed by atoms with Gasteiger partial charge in [-0.1, -0.05) is 19.6 Å². The van der Waals surface area contributed by atoms with Crippen molar-refractivity contribution in [2.24, 2.45) is 5.73 Å². The summed E-state index contributed by atoms with van der Waals surface area (Å²) < 4.78 is 0. The van der Waals surface area contributed by atoms with Crippen molar-refractivity contribution in [2.45, 2.75) is 38.3 Å². The van der Waals surface area contributed by atoms with E-state index in [2.05, 4.69) is 24.5 Å². The van der Waals surface area contributed by atoms with Gasteiger partial charge in [-0.05, 0) is 31.8 Å². The van der Waals surface area contributed by atoms with Crippen LogP contribution < -0.4 is 5.73 Å². The maximum atomic E-state index is 6.15. The molecule has 2 N–H and O–H groups in total. The van der Waals surface area contributed by atoms with Crippen molar-refractivity contribution in [1.29, 1.82) is 0 Å². The highest BCUT2D eigenvalue weighted by Gasteiger charge is 2.36. The van der Waals surface area contributed by atoms with Crippen molar-refractivity contribution in [1.82, 2.24) is 4.90 Å². The van der Waals surface area contributed by atoms with Crippen molar-refractivity contribution in [3.05, 3.63) is 24.4 Å². The topological polar surface area (TPSA) is 29.3 Å². The Morgan fingerprint density at radius 3 is 2.62 bits per heavy atom. The Morgan fingerprint density at radius 1 is 1.62 bits per heavy atom. The van der Waals surface area contributed by atoms with E-state index in [1.165, 1.54) is 6.42 Å². The summed E-state index contributed by atoms with van der Waals surface area (Å²) >= 11 is 0. The highest BCUT2D eigenvalue weighted by Crippen LogP contribution is 2.33. The highest BCUT2D eigenvalue weighted by molar-refractivity contribution is 5.16. The predicted molar refractivity (Wildman–Crippen MR) is 57.1 cm³/mol. The molecule has 2 heteroatoms. The van der Waals surface area contributed by atoms with Crippen molar-refractivity contribution in [2.75, 3.05) is 7.05 Å². The molecule has 2 nitrogen and oxygen atoms in total. The zero-order valence-corrected chi connectivity index (χ0v) is 8.71. The average molecular weight is 180 g/mol. The summed E-state index contributed by atoms with van der Waals surface area (Å²) in [5.41, 5.74) is 7.05. The molecule has 1 fully saturated rings. The minimum Gasteiger partial charge on any atom is -0.357 e. The van der Waals surface area contributed by atoms with Gasteiger partial charge in [-0.25, -0.2) is 0 Å². The Labute approximate surface area is 81.1 Å². The van der Waals surface area contributed by atoms with Crippen LogP contribution in [0.2, 0.25) is 0 Å². The first-order valence-electron chi connectivity index (χ1n) is 4.98. The predicted octanol–water partition coefficient (Wildman–Crippen LogP) is 2.24. The van der Waals surface area contributed by atoms with E-state index < -0.39 is 0 Å². The van der Waals surface area contributed by atoms with Gasteiger partial charge in [0.2, 0.25) is 0 Å². The van der Waals surface area contributed by atoms with Crippen molar-refractivity contribution in [3.8, 4) is 0 Å². The number of hydrogen-bond acceptors (Lipinski definition) is 2. The van der Waals surface area contributed by atoms with E-state index in [0.29, 0.717) is 0 Å². The third-order valence-electron chi connectivity index (χ3n) is 2.86. The molecule has 1 rings (SSSR count). The Balaban J connectivity index is 2.51. The molecule has 0 atom stereocenters. The van der Waals surface area contributed by atoms with Gasteiger partial charge in [0.05, 0.1) is 5.66 Å².